The molecule has 0 N–H and O–H groups in total. The lowest BCUT2D eigenvalue weighted by Crippen LogP contribution is -2.31. The normalized spacial score (nSPS) is 13.7. The van der Waals surface area contributed by atoms with Gasteiger partial charge in [-0.05, 0) is 26.8 Å². The van der Waals surface area contributed by atoms with Gasteiger partial charge in [0.1, 0.15) is 5.60 Å². The summed E-state index contributed by atoms with van der Waals surface area (Å²) in [6, 6.07) is 1.01. The van der Waals surface area contributed by atoms with E-state index in [-0.39, 0.29) is 5.56 Å². The molecule has 0 aliphatic heterocycles. The van der Waals surface area contributed by atoms with Gasteiger partial charge in [0.25, 0.3) is 5.88 Å². The third kappa shape index (κ3) is 3.75. The first kappa shape index (κ1) is 19.9. The van der Waals surface area contributed by atoms with Gasteiger partial charge in [-0.1, -0.05) is 0 Å². The molecule has 11 heteroatoms. The van der Waals surface area contributed by atoms with E-state index in [4.69, 9.17) is 4.74 Å². The van der Waals surface area contributed by atoms with E-state index in [9.17, 15) is 17.6 Å². The third-order valence-electron chi connectivity index (χ3n) is 4.19. The fourth-order valence-electron chi connectivity index (χ4n) is 2.34. The zero-order chi connectivity index (χ0) is 20.7. The second-order valence-corrected chi connectivity index (χ2v) is 6.55. The molecule has 0 saturated carbocycles. The van der Waals surface area contributed by atoms with Crippen molar-refractivity contribution in [2.45, 2.75) is 38.7 Å². The number of alkyl halides is 3. The number of aromatic nitrogens is 5. The van der Waals surface area contributed by atoms with Crippen LogP contribution in [0.15, 0.2) is 24.7 Å². The Kier molecular flexibility index (Phi) is 4.96. The van der Waals surface area contributed by atoms with Crippen LogP contribution in [0.5, 0.6) is 5.88 Å². The lowest BCUT2D eigenvalue weighted by molar-refractivity contribution is -0.190. The largest absolute Gasteiger partial charge is 0.463 e. The van der Waals surface area contributed by atoms with Gasteiger partial charge in [0.15, 0.2) is 23.4 Å². The summed E-state index contributed by atoms with van der Waals surface area (Å²) in [5.41, 5.74) is 0.285. The number of fused-ring (bicyclic) bond motifs is 1. The van der Waals surface area contributed by atoms with Gasteiger partial charge in [0.05, 0.1) is 11.9 Å². The lowest BCUT2D eigenvalue weighted by atomic mass is 10.1. The Morgan fingerprint density at radius 3 is 2.43 bits per heavy atom. The highest BCUT2D eigenvalue weighted by Crippen LogP contribution is 2.28. The summed E-state index contributed by atoms with van der Waals surface area (Å²) in [5, 5.41) is 8.10. The van der Waals surface area contributed by atoms with Crippen LogP contribution in [0, 0.1) is 5.82 Å². The van der Waals surface area contributed by atoms with Gasteiger partial charge in [-0.2, -0.15) is 13.2 Å². The maximum Gasteiger partial charge on any atom is 0.425 e. The summed E-state index contributed by atoms with van der Waals surface area (Å²) in [7, 11) is 1.53. The number of methoxy groups -OCH3 is 1. The fraction of sp³-hybridized carbons (Fsp3) is 0.412. The van der Waals surface area contributed by atoms with Gasteiger partial charge >= 0.3 is 6.18 Å². The topological polar surface area (TPSA) is 74.4 Å². The average molecular weight is 399 g/mol. The van der Waals surface area contributed by atoms with Crippen molar-refractivity contribution in [2.24, 2.45) is 0 Å². The van der Waals surface area contributed by atoms with E-state index in [0.717, 1.165) is 13.0 Å². The van der Waals surface area contributed by atoms with Crippen LogP contribution in [0.25, 0.3) is 16.9 Å². The minimum absolute atomic E-state index is 0.251. The molecule has 0 unspecified atom stereocenters. The molecular formula is C17H17F4N5O2. The van der Waals surface area contributed by atoms with Crippen LogP contribution >= 0.6 is 0 Å². The molecule has 1 atom stereocenters. The van der Waals surface area contributed by atoms with Gasteiger partial charge in [-0.25, -0.2) is 9.37 Å². The highest BCUT2D eigenvalue weighted by molar-refractivity contribution is 5.59. The van der Waals surface area contributed by atoms with Crippen LogP contribution in [0.1, 0.15) is 26.6 Å². The van der Waals surface area contributed by atoms with Crippen molar-refractivity contribution < 1.29 is 27.0 Å². The Balaban J connectivity index is 1.97. The minimum Gasteiger partial charge on any atom is -0.463 e. The van der Waals surface area contributed by atoms with Crippen molar-refractivity contribution in [1.82, 2.24) is 24.6 Å². The van der Waals surface area contributed by atoms with E-state index < -0.39 is 29.6 Å². The molecule has 0 saturated heterocycles. The number of pyridine rings is 1. The van der Waals surface area contributed by atoms with Gasteiger partial charge in [-0.3, -0.25) is 9.38 Å². The van der Waals surface area contributed by atoms with E-state index in [1.165, 1.54) is 19.5 Å². The van der Waals surface area contributed by atoms with Crippen LogP contribution in [0.3, 0.4) is 0 Å². The third-order valence-corrected chi connectivity index (χ3v) is 4.19. The molecule has 0 radical (unpaired) electrons. The fourth-order valence-corrected chi connectivity index (χ4v) is 2.34. The summed E-state index contributed by atoms with van der Waals surface area (Å²) >= 11 is 0. The van der Waals surface area contributed by atoms with E-state index in [2.05, 4.69) is 24.9 Å². The second-order valence-electron chi connectivity index (χ2n) is 6.55. The Labute approximate surface area is 157 Å². The van der Waals surface area contributed by atoms with Gasteiger partial charge in [0, 0.05) is 25.1 Å². The molecule has 0 amide bonds. The molecule has 0 aliphatic carbocycles. The van der Waals surface area contributed by atoms with E-state index in [1.807, 2.05) is 0 Å². The second kappa shape index (κ2) is 6.97. The van der Waals surface area contributed by atoms with Crippen LogP contribution < -0.4 is 4.74 Å². The smallest absolute Gasteiger partial charge is 0.425 e. The van der Waals surface area contributed by atoms with E-state index in [0.29, 0.717) is 17.2 Å². The monoisotopic (exact) mass is 399 g/mol. The lowest BCUT2D eigenvalue weighted by Gasteiger charge is -2.20. The number of nitrogens with zero attached hydrogens (tertiary/aromatic N) is 5. The minimum atomic E-state index is -4.63. The van der Waals surface area contributed by atoms with Crippen molar-refractivity contribution in [3.8, 4) is 17.1 Å². The quantitative estimate of drug-likeness (QED) is 0.611. The predicted molar refractivity (Wildman–Crippen MR) is 90.2 cm³/mol. The number of ether oxygens (including phenoxy) is 2. The summed E-state index contributed by atoms with van der Waals surface area (Å²) in [4.78, 5) is 7.84. The van der Waals surface area contributed by atoms with Gasteiger partial charge < -0.3 is 9.47 Å². The Morgan fingerprint density at radius 2 is 1.82 bits per heavy atom. The Morgan fingerprint density at radius 1 is 1.11 bits per heavy atom. The standard InChI is InChI=1S/C17H17F4N5O2/c1-9(17(19,20)21)28-14-11(18)5-10(6-23-14)12-8-26-13(7-22-12)24-25-15(26)16(2,3)27-4/h5-9H,1-4H3/t9-/m1/s1. The molecule has 3 aromatic heterocycles. The number of rotatable bonds is 5. The zero-order valence-corrected chi connectivity index (χ0v) is 15.5. The molecule has 0 bridgehead atoms. The number of halogens is 4. The summed E-state index contributed by atoms with van der Waals surface area (Å²) < 4.78 is 63.6. The maximum absolute atomic E-state index is 14.2. The van der Waals surface area contributed by atoms with Crippen LogP contribution in [0.2, 0.25) is 0 Å². The molecule has 3 aromatic rings. The first-order valence-electron chi connectivity index (χ1n) is 8.18. The van der Waals surface area contributed by atoms with Crippen LogP contribution in [0.4, 0.5) is 17.6 Å². The summed E-state index contributed by atoms with van der Waals surface area (Å²) in [6.45, 7) is 4.38. The molecule has 0 aromatic carbocycles. The average Bonchev–Trinajstić information content (AvgIpc) is 3.06. The molecule has 28 heavy (non-hydrogen) atoms. The zero-order valence-electron chi connectivity index (χ0n) is 15.5. The van der Waals surface area contributed by atoms with Crippen molar-refractivity contribution in [2.75, 3.05) is 7.11 Å². The first-order valence-corrected chi connectivity index (χ1v) is 8.18. The molecule has 7 nitrogen and oxygen atoms in total. The highest BCUT2D eigenvalue weighted by atomic mass is 19.4. The van der Waals surface area contributed by atoms with Crippen molar-refractivity contribution in [3.05, 3.63) is 36.3 Å². The summed E-state index contributed by atoms with van der Waals surface area (Å²) in [6.07, 6.45) is -2.63. The van der Waals surface area contributed by atoms with Crippen LogP contribution in [-0.4, -0.2) is 44.0 Å². The Bertz CT molecular complexity index is 1000. The molecule has 0 spiro atoms. The molecule has 0 aliphatic rings. The predicted octanol–water partition coefficient (Wildman–Crippen LogP) is 3.54. The SMILES string of the molecule is COC(C)(C)c1nnc2cnc(-c3cnc(O[C@H](C)C(F)(F)F)c(F)c3)cn12. The molecule has 3 rings (SSSR count). The number of hydrogen-bond acceptors (Lipinski definition) is 6. The van der Waals surface area contributed by atoms with Crippen molar-refractivity contribution in [3.63, 3.8) is 0 Å². The van der Waals surface area contributed by atoms with Crippen LogP contribution in [-0.2, 0) is 10.3 Å². The van der Waals surface area contributed by atoms with Crippen molar-refractivity contribution >= 4 is 5.65 Å². The molecule has 3 heterocycles. The van der Waals surface area contributed by atoms with Gasteiger partial charge in [-0.15, -0.1) is 10.2 Å². The number of hydrogen-bond donors (Lipinski definition) is 0. The van der Waals surface area contributed by atoms with E-state index >= 15 is 0 Å². The molecule has 150 valence electrons. The highest BCUT2D eigenvalue weighted by Gasteiger charge is 2.38. The Hall–Kier alpha value is -2.82. The maximum atomic E-state index is 14.2. The van der Waals surface area contributed by atoms with E-state index in [1.54, 1.807) is 24.4 Å². The summed E-state index contributed by atoms with van der Waals surface area (Å²) in [5.74, 6) is -1.27. The molecule has 0 fully saturated rings. The molecular weight excluding hydrogens is 382 g/mol. The van der Waals surface area contributed by atoms with Gasteiger partial charge in [0.2, 0.25) is 0 Å². The first-order chi connectivity index (χ1) is 13.0. The van der Waals surface area contributed by atoms with Crippen molar-refractivity contribution in [1.29, 1.82) is 0 Å².